The van der Waals surface area contributed by atoms with Crippen molar-refractivity contribution < 1.29 is 71.4 Å². The molecule has 0 radical (unpaired) electrons. The van der Waals surface area contributed by atoms with Crippen LogP contribution in [0.5, 0.6) is 0 Å². The van der Waals surface area contributed by atoms with Crippen molar-refractivity contribution in [3.8, 4) is 0 Å². The standard InChI is InChI=1S/C47H82O15P2/c1-3-5-7-9-11-13-15-17-19-20-22-24-26-28-30-32-34-36-47(52)58-38-44(49)40-60-64(55,56)62-42-45(50)41-61-63(53,54)59-39-43(48)37-57-46(51)35-33-31-29-27-25-23-21-18-16-14-12-10-8-6-4-2/h6,8,10,12,14,16-19,21,23,25,43-45,48-50H,3-5,7,9,11,13,15,20,22,24,26-42H2,1-2H3,(H,53,54)(H,55,56)/b8-6+,12-10+,16-14-,19-17+,21-18-,25-23+. The van der Waals surface area contributed by atoms with Crippen molar-refractivity contribution in [2.75, 3.05) is 39.6 Å². The number of esters is 2. The fraction of sp³-hybridized carbons (Fsp3) is 0.702. The molecule has 370 valence electrons. The lowest BCUT2D eigenvalue weighted by Crippen LogP contribution is -2.25. The summed E-state index contributed by atoms with van der Waals surface area (Å²) in [5.41, 5.74) is 0. The van der Waals surface area contributed by atoms with Crippen LogP contribution in [-0.4, -0.2) is 95.0 Å². The number of hydrogen-bond donors (Lipinski definition) is 5. The van der Waals surface area contributed by atoms with Crippen molar-refractivity contribution in [3.63, 3.8) is 0 Å². The van der Waals surface area contributed by atoms with Gasteiger partial charge in [0.05, 0.1) is 26.4 Å². The van der Waals surface area contributed by atoms with E-state index in [4.69, 9.17) is 9.47 Å². The molecule has 5 unspecified atom stereocenters. The first-order chi connectivity index (χ1) is 30.8. The quantitative estimate of drug-likeness (QED) is 0.0126. The monoisotopic (exact) mass is 949 g/mol. The fourth-order valence-corrected chi connectivity index (χ4v) is 7.23. The molecule has 5 N–H and O–H groups in total. The number of carbonyl (C=O) groups excluding carboxylic acids is 2. The van der Waals surface area contributed by atoms with E-state index in [2.05, 4.69) is 50.2 Å². The molecule has 0 rings (SSSR count). The molecule has 0 aliphatic heterocycles. The third kappa shape index (κ3) is 44.7. The maximum absolute atomic E-state index is 12.2. The normalized spacial score (nSPS) is 15.8. The van der Waals surface area contributed by atoms with E-state index in [0.717, 1.165) is 57.8 Å². The van der Waals surface area contributed by atoms with Crippen LogP contribution in [0.4, 0.5) is 0 Å². The van der Waals surface area contributed by atoms with Gasteiger partial charge in [0, 0.05) is 12.8 Å². The average Bonchev–Trinajstić information content (AvgIpc) is 3.27. The first-order valence-electron chi connectivity index (χ1n) is 23.4. The lowest BCUT2D eigenvalue weighted by Gasteiger charge is -2.19. The van der Waals surface area contributed by atoms with Gasteiger partial charge in [0.15, 0.2) is 0 Å². The summed E-state index contributed by atoms with van der Waals surface area (Å²) in [5.74, 6) is -1.04. The van der Waals surface area contributed by atoms with Crippen molar-refractivity contribution in [1.82, 2.24) is 0 Å². The SMILES string of the molecule is CC/C=C/C=C/C=C\C=C/C=C/CCCCCC(=O)OCC(O)COP(=O)(O)OCC(O)COP(=O)(O)OCC(O)COC(=O)CCCCCCCCC/C=C/CCCCCCCC. The molecule has 5 atom stereocenters. The molecule has 0 spiro atoms. The van der Waals surface area contributed by atoms with E-state index in [9.17, 15) is 43.8 Å². The number of rotatable bonds is 44. The van der Waals surface area contributed by atoms with Gasteiger partial charge in [-0.15, -0.1) is 0 Å². The minimum absolute atomic E-state index is 0.144. The van der Waals surface area contributed by atoms with Crippen LogP contribution in [0.15, 0.2) is 72.9 Å². The van der Waals surface area contributed by atoms with E-state index in [-0.39, 0.29) is 12.8 Å². The molecular formula is C47H82O15P2. The minimum atomic E-state index is -4.80. The van der Waals surface area contributed by atoms with E-state index in [1.807, 2.05) is 54.7 Å². The van der Waals surface area contributed by atoms with Crippen LogP contribution in [0.25, 0.3) is 0 Å². The largest absolute Gasteiger partial charge is 0.472 e. The second-order valence-electron chi connectivity index (χ2n) is 15.5. The molecule has 0 saturated carbocycles. The number of allylic oxidation sites excluding steroid dienone is 12. The maximum atomic E-state index is 12.2. The summed E-state index contributed by atoms with van der Waals surface area (Å²) in [5, 5.41) is 30.0. The van der Waals surface area contributed by atoms with E-state index >= 15 is 0 Å². The lowest BCUT2D eigenvalue weighted by molar-refractivity contribution is -0.148. The van der Waals surface area contributed by atoms with Crippen LogP contribution in [0.3, 0.4) is 0 Å². The van der Waals surface area contributed by atoms with E-state index in [1.165, 1.54) is 57.8 Å². The zero-order chi connectivity index (χ0) is 47.4. The highest BCUT2D eigenvalue weighted by Crippen LogP contribution is 2.45. The third-order valence-corrected chi connectivity index (χ3v) is 11.2. The molecule has 64 heavy (non-hydrogen) atoms. The van der Waals surface area contributed by atoms with Gasteiger partial charge in [0.25, 0.3) is 0 Å². The van der Waals surface area contributed by atoms with Gasteiger partial charge >= 0.3 is 27.6 Å². The number of phosphoric ester groups is 2. The predicted octanol–water partition coefficient (Wildman–Crippen LogP) is 10.4. The molecule has 0 aliphatic rings. The Morgan fingerprint density at radius 3 is 1.14 bits per heavy atom. The van der Waals surface area contributed by atoms with E-state index in [0.29, 0.717) is 12.8 Å². The Labute approximate surface area is 383 Å². The first-order valence-corrected chi connectivity index (χ1v) is 26.3. The zero-order valence-electron chi connectivity index (χ0n) is 38.7. The van der Waals surface area contributed by atoms with Crippen LogP contribution in [-0.2, 0) is 46.3 Å². The fourth-order valence-electron chi connectivity index (χ4n) is 5.64. The first kappa shape index (κ1) is 61.5. The van der Waals surface area contributed by atoms with Crippen LogP contribution in [0.1, 0.15) is 155 Å². The van der Waals surface area contributed by atoms with Crippen molar-refractivity contribution >= 4 is 27.6 Å². The summed E-state index contributed by atoms with van der Waals surface area (Å²) in [6.07, 6.45) is 41.8. The highest BCUT2D eigenvalue weighted by molar-refractivity contribution is 7.47. The number of phosphoric acid groups is 2. The molecule has 0 saturated heterocycles. The Bertz CT molecular complexity index is 1430. The maximum Gasteiger partial charge on any atom is 0.472 e. The highest BCUT2D eigenvalue weighted by atomic mass is 31.2. The van der Waals surface area contributed by atoms with Gasteiger partial charge in [-0.05, 0) is 57.8 Å². The Hall–Kier alpha value is -2.52. The number of hydrogen-bond acceptors (Lipinski definition) is 13. The van der Waals surface area contributed by atoms with Crippen molar-refractivity contribution in [2.24, 2.45) is 0 Å². The molecular weight excluding hydrogens is 866 g/mol. The Morgan fingerprint density at radius 2 is 0.734 bits per heavy atom. The second-order valence-corrected chi connectivity index (χ2v) is 18.4. The predicted molar refractivity (Wildman–Crippen MR) is 251 cm³/mol. The smallest absolute Gasteiger partial charge is 0.463 e. The molecule has 0 amide bonds. The number of unbranched alkanes of at least 4 members (excludes halogenated alkanes) is 16. The second kappa shape index (κ2) is 43.1. The van der Waals surface area contributed by atoms with Crippen LogP contribution in [0.2, 0.25) is 0 Å². The Kier molecular flexibility index (Phi) is 41.4. The summed E-state index contributed by atoms with van der Waals surface area (Å²) in [6, 6.07) is 0. The molecule has 0 aromatic rings. The van der Waals surface area contributed by atoms with Gasteiger partial charge in [0.2, 0.25) is 0 Å². The molecule has 0 bridgehead atoms. The molecule has 0 aromatic heterocycles. The molecule has 15 nitrogen and oxygen atoms in total. The van der Waals surface area contributed by atoms with Crippen molar-refractivity contribution in [2.45, 2.75) is 173 Å². The van der Waals surface area contributed by atoms with Crippen molar-refractivity contribution in [1.29, 1.82) is 0 Å². The molecule has 0 fully saturated rings. The van der Waals surface area contributed by atoms with E-state index in [1.54, 1.807) is 0 Å². The van der Waals surface area contributed by atoms with Crippen LogP contribution >= 0.6 is 15.6 Å². The zero-order valence-corrected chi connectivity index (χ0v) is 40.5. The van der Waals surface area contributed by atoms with Gasteiger partial charge in [-0.3, -0.25) is 27.7 Å². The van der Waals surface area contributed by atoms with Crippen molar-refractivity contribution in [3.05, 3.63) is 72.9 Å². The number of carbonyl (C=O) groups is 2. The third-order valence-electron chi connectivity index (χ3n) is 9.27. The lowest BCUT2D eigenvalue weighted by atomic mass is 10.1. The summed E-state index contributed by atoms with van der Waals surface area (Å²) in [7, 11) is -9.59. The van der Waals surface area contributed by atoms with Gasteiger partial charge in [-0.2, -0.15) is 0 Å². The summed E-state index contributed by atoms with van der Waals surface area (Å²) in [4.78, 5) is 43.7. The summed E-state index contributed by atoms with van der Waals surface area (Å²) in [6.45, 7) is 0.197. The highest BCUT2D eigenvalue weighted by Gasteiger charge is 2.28. The molecule has 0 heterocycles. The average molecular weight is 949 g/mol. The molecule has 17 heteroatoms. The van der Waals surface area contributed by atoms with Gasteiger partial charge < -0.3 is 34.6 Å². The summed E-state index contributed by atoms with van der Waals surface area (Å²) >= 11 is 0. The van der Waals surface area contributed by atoms with Gasteiger partial charge in [-0.25, -0.2) is 9.13 Å². The van der Waals surface area contributed by atoms with Gasteiger partial charge in [-0.1, -0.05) is 157 Å². The van der Waals surface area contributed by atoms with Crippen LogP contribution < -0.4 is 0 Å². The minimum Gasteiger partial charge on any atom is -0.463 e. The summed E-state index contributed by atoms with van der Waals surface area (Å²) < 4.78 is 52.9. The molecule has 0 aromatic carbocycles. The van der Waals surface area contributed by atoms with E-state index < -0.39 is 85.5 Å². The Morgan fingerprint density at radius 1 is 0.422 bits per heavy atom. The topological polar surface area (TPSA) is 225 Å². The molecule has 0 aliphatic carbocycles. The number of aliphatic hydroxyl groups is 3. The van der Waals surface area contributed by atoms with Crippen LogP contribution in [0, 0.1) is 0 Å². The van der Waals surface area contributed by atoms with Gasteiger partial charge in [0.1, 0.15) is 31.5 Å². The Balaban J connectivity index is 3.95. The number of aliphatic hydroxyl groups excluding tert-OH is 3. The number of ether oxygens (including phenoxy) is 2.